The Morgan fingerprint density at radius 3 is 2.30 bits per heavy atom. The molecule has 0 fully saturated rings. The predicted octanol–water partition coefficient (Wildman–Crippen LogP) is 6.06. The van der Waals surface area contributed by atoms with Gasteiger partial charge in [-0.3, -0.25) is 0 Å². The highest BCUT2D eigenvalue weighted by Gasteiger charge is 2.19. The normalized spacial score (nSPS) is 13.7. The predicted molar refractivity (Wildman–Crippen MR) is 103 cm³/mol. The van der Waals surface area contributed by atoms with E-state index in [1.807, 2.05) is 11.8 Å². The number of hydrogen-bond donors (Lipinski definition) is 1. The summed E-state index contributed by atoms with van der Waals surface area (Å²) in [6.45, 7) is 4.56. The zero-order valence-corrected chi connectivity index (χ0v) is 15.4. The maximum absolute atomic E-state index is 3.93. The first-order valence-electron chi connectivity index (χ1n) is 8.74. The van der Waals surface area contributed by atoms with Crippen molar-refractivity contribution >= 4 is 11.8 Å². The van der Waals surface area contributed by atoms with Crippen LogP contribution < -0.4 is 5.32 Å². The minimum Gasteiger partial charge on any atom is -0.303 e. The summed E-state index contributed by atoms with van der Waals surface area (Å²) in [7, 11) is 0. The minimum absolute atomic E-state index is 0.265. The maximum atomic E-state index is 3.93. The van der Waals surface area contributed by atoms with Crippen LogP contribution in [0.15, 0.2) is 59.5 Å². The van der Waals surface area contributed by atoms with E-state index in [-0.39, 0.29) is 6.04 Å². The van der Waals surface area contributed by atoms with E-state index in [0.717, 1.165) is 0 Å². The van der Waals surface area contributed by atoms with Crippen molar-refractivity contribution in [3.63, 3.8) is 0 Å². The van der Waals surface area contributed by atoms with Gasteiger partial charge in [0, 0.05) is 10.9 Å². The summed E-state index contributed by atoms with van der Waals surface area (Å²) in [5, 5.41) is 3.93. The number of nitrogens with one attached hydrogen (secondary N) is 1. The first kappa shape index (κ1) is 18.1. The van der Waals surface area contributed by atoms with E-state index in [0.29, 0.717) is 6.04 Å². The van der Waals surface area contributed by atoms with Crippen LogP contribution in [0, 0.1) is 0 Å². The number of benzene rings is 2. The molecule has 2 aromatic rings. The van der Waals surface area contributed by atoms with E-state index in [2.05, 4.69) is 80.0 Å². The van der Waals surface area contributed by atoms with Gasteiger partial charge in [-0.15, -0.1) is 11.8 Å². The van der Waals surface area contributed by atoms with Gasteiger partial charge >= 0.3 is 0 Å². The van der Waals surface area contributed by atoms with Gasteiger partial charge in [0.1, 0.15) is 0 Å². The third-order valence-corrected chi connectivity index (χ3v) is 5.20. The molecule has 2 atom stereocenters. The van der Waals surface area contributed by atoms with Crippen LogP contribution in [-0.4, -0.2) is 12.3 Å². The molecular weight excluding hydrogens is 298 g/mol. The molecule has 124 valence electrons. The van der Waals surface area contributed by atoms with Gasteiger partial charge in [-0.05, 0) is 36.3 Å². The molecule has 0 saturated carbocycles. The quantitative estimate of drug-likeness (QED) is 0.562. The highest BCUT2D eigenvalue weighted by atomic mass is 32.2. The number of thioether (sulfide) groups is 1. The van der Waals surface area contributed by atoms with E-state index >= 15 is 0 Å². The van der Waals surface area contributed by atoms with Crippen LogP contribution in [0.5, 0.6) is 0 Å². The zero-order valence-electron chi connectivity index (χ0n) is 14.6. The molecule has 0 heterocycles. The number of rotatable bonds is 9. The topological polar surface area (TPSA) is 12.0 Å². The van der Waals surface area contributed by atoms with Gasteiger partial charge in [0.2, 0.25) is 0 Å². The van der Waals surface area contributed by atoms with Crippen molar-refractivity contribution in [2.45, 2.75) is 56.5 Å². The summed E-state index contributed by atoms with van der Waals surface area (Å²) in [6, 6.07) is 20.4. The third kappa shape index (κ3) is 5.12. The Balaban J connectivity index is 2.32. The molecule has 0 spiro atoms. The molecule has 0 amide bonds. The van der Waals surface area contributed by atoms with Crippen molar-refractivity contribution in [1.29, 1.82) is 0 Å². The standard InChI is InChI=1S/C21H29NS/c1-4-6-14-18(5-2)22-21(17-12-8-7-9-13-17)19-15-10-11-16-20(19)23-3/h7-13,15-16,18,21-22H,4-6,14H2,1-3H3. The van der Waals surface area contributed by atoms with E-state index in [9.17, 15) is 0 Å². The molecule has 0 aromatic heterocycles. The van der Waals surface area contributed by atoms with Crippen LogP contribution in [0.2, 0.25) is 0 Å². The summed E-state index contributed by atoms with van der Waals surface area (Å²) in [5.74, 6) is 0. The third-order valence-electron chi connectivity index (χ3n) is 4.38. The Bertz CT molecular complexity index is 567. The first-order valence-corrected chi connectivity index (χ1v) is 9.96. The van der Waals surface area contributed by atoms with E-state index in [1.54, 1.807) is 0 Å². The van der Waals surface area contributed by atoms with E-state index < -0.39 is 0 Å². The van der Waals surface area contributed by atoms with Crippen molar-refractivity contribution in [2.24, 2.45) is 0 Å². The van der Waals surface area contributed by atoms with Crippen LogP contribution in [0.25, 0.3) is 0 Å². The Labute approximate surface area is 145 Å². The average molecular weight is 328 g/mol. The highest BCUT2D eigenvalue weighted by molar-refractivity contribution is 7.98. The highest BCUT2D eigenvalue weighted by Crippen LogP contribution is 2.31. The Kier molecular flexibility index (Phi) is 7.70. The lowest BCUT2D eigenvalue weighted by Gasteiger charge is -2.27. The number of unbranched alkanes of at least 4 members (excludes halogenated alkanes) is 1. The molecule has 2 aromatic carbocycles. The van der Waals surface area contributed by atoms with Crippen LogP contribution >= 0.6 is 11.8 Å². The minimum atomic E-state index is 0.265. The molecule has 0 aliphatic heterocycles. The van der Waals surface area contributed by atoms with Crippen molar-refractivity contribution in [2.75, 3.05) is 6.26 Å². The largest absolute Gasteiger partial charge is 0.303 e. The lowest BCUT2D eigenvalue weighted by molar-refractivity contribution is 0.420. The molecule has 0 bridgehead atoms. The fraction of sp³-hybridized carbons (Fsp3) is 0.429. The molecule has 1 N–H and O–H groups in total. The fourth-order valence-electron chi connectivity index (χ4n) is 3.01. The molecule has 0 saturated heterocycles. The Morgan fingerprint density at radius 1 is 0.957 bits per heavy atom. The van der Waals surface area contributed by atoms with E-state index in [4.69, 9.17) is 0 Å². The fourth-order valence-corrected chi connectivity index (χ4v) is 3.64. The Morgan fingerprint density at radius 2 is 1.65 bits per heavy atom. The van der Waals surface area contributed by atoms with Crippen LogP contribution in [0.1, 0.15) is 56.7 Å². The van der Waals surface area contributed by atoms with Crippen molar-refractivity contribution in [3.05, 3.63) is 65.7 Å². The van der Waals surface area contributed by atoms with Crippen molar-refractivity contribution in [3.8, 4) is 0 Å². The maximum Gasteiger partial charge on any atom is 0.0589 e. The summed E-state index contributed by atoms with van der Waals surface area (Å²) in [4.78, 5) is 1.36. The summed E-state index contributed by atoms with van der Waals surface area (Å²) < 4.78 is 0. The van der Waals surface area contributed by atoms with Crippen LogP contribution in [0.3, 0.4) is 0 Å². The molecule has 0 aliphatic carbocycles. The average Bonchev–Trinajstić information content (AvgIpc) is 2.63. The smallest absolute Gasteiger partial charge is 0.0589 e. The van der Waals surface area contributed by atoms with Gasteiger partial charge in [-0.2, -0.15) is 0 Å². The second-order valence-electron chi connectivity index (χ2n) is 6.00. The van der Waals surface area contributed by atoms with Gasteiger partial charge in [-0.25, -0.2) is 0 Å². The van der Waals surface area contributed by atoms with Crippen molar-refractivity contribution in [1.82, 2.24) is 5.32 Å². The summed E-state index contributed by atoms with van der Waals surface area (Å²) in [5.41, 5.74) is 2.74. The molecule has 2 rings (SSSR count). The van der Waals surface area contributed by atoms with Gasteiger partial charge in [0.25, 0.3) is 0 Å². The SMILES string of the molecule is CCCCC(CC)NC(c1ccccc1)c1ccccc1SC. The molecule has 2 heteroatoms. The molecular formula is C21H29NS. The monoisotopic (exact) mass is 327 g/mol. The van der Waals surface area contributed by atoms with Gasteiger partial charge in [0.15, 0.2) is 0 Å². The molecule has 0 aliphatic rings. The molecule has 2 unspecified atom stereocenters. The summed E-state index contributed by atoms with van der Waals surface area (Å²) >= 11 is 1.83. The lowest BCUT2D eigenvalue weighted by Crippen LogP contribution is -2.33. The zero-order chi connectivity index (χ0) is 16.5. The van der Waals surface area contributed by atoms with Crippen molar-refractivity contribution < 1.29 is 0 Å². The molecule has 0 radical (unpaired) electrons. The summed E-state index contributed by atoms with van der Waals surface area (Å²) in [6.07, 6.45) is 7.13. The van der Waals surface area contributed by atoms with Gasteiger partial charge in [-0.1, -0.05) is 75.2 Å². The van der Waals surface area contributed by atoms with Crippen LogP contribution in [0.4, 0.5) is 0 Å². The Hall–Kier alpha value is -1.25. The van der Waals surface area contributed by atoms with E-state index in [1.165, 1.54) is 41.7 Å². The van der Waals surface area contributed by atoms with Gasteiger partial charge in [0.05, 0.1) is 6.04 Å². The molecule has 23 heavy (non-hydrogen) atoms. The molecule has 1 nitrogen and oxygen atoms in total. The lowest BCUT2D eigenvalue weighted by atomic mass is 9.96. The second-order valence-corrected chi connectivity index (χ2v) is 6.85. The first-order chi connectivity index (χ1) is 11.3. The van der Waals surface area contributed by atoms with Crippen LogP contribution in [-0.2, 0) is 0 Å². The second kappa shape index (κ2) is 9.79. The number of hydrogen-bond acceptors (Lipinski definition) is 2. The van der Waals surface area contributed by atoms with Gasteiger partial charge < -0.3 is 5.32 Å².